The predicted octanol–water partition coefficient (Wildman–Crippen LogP) is 5.11. The smallest absolute Gasteiger partial charge is 0.240 e. The standard InChI is InChI=1S/C26H19ClN2O3S/c1-14-17(27)8-4-9-18(14)29-25(31)20-21(26(29)32)23(24(30)19-10-5-13-33-19)28-12-11-15-6-2-3-7-16(15)22(20)28/h2-13,20-23H,1H3/t20-,21+,22-,23-/m0/s1. The monoisotopic (exact) mass is 474 g/mol. The van der Waals surface area contributed by atoms with E-state index in [0.29, 0.717) is 21.2 Å². The van der Waals surface area contributed by atoms with E-state index < -0.39 is 17.9 Å². The van der Waals surface area contributed by atoms with Gasteiger partial charge in [0.1, 0.15) is 6.04 Å². The second-order valence-corrected chi connectivity index (χ2v) is 9.93. The lowest BCUT2D eigenvalue weighted by molar-refractivity contribution is -0.123. The number of ketones is 1. The number of amides is 2. The van der Waals surface area contributed by atoms with E-state index in [9.17, 15) is 14.4 Å². The van der Waals surface area contributed by atoms with Crippen molar-refractivity contribution in [2.75, 3.05) is 4.90 Å². The zero-order chi connectivity index (χ0) is 22.9. The van der Waals surface area contributed by atoms with Gasteiger partial charge in [-0.1, -0.05) is 48.0 Å². The molecule has 0 spiro atoms. The number of hydrogen-bond acceptors (Lipinski definition) is 5. The second kappa shape index (κ2) is 7.40. The zero-order valence-electron chi connectivity index (χ0n) is 17.6. The van der Waals surface area contributed by atoms with Crippen LogP contribution in [-0.4, -0.2) is 28.5 Å². The number of benzene rings is 2. The summed E-state index contributed by atoms with van der Waals surface area (Å²) in [4.78, 5) is 45.2. The molecule has 164 valence electrons. The number of carbonyl (C=O) groups is 3. The minimum Gasteiger partial charge on any atom is -0.358 e. The van der Waals surface area contributed by atoms with Crippen LogP contribution < -0.4 is 4.90 Å². The molecule has 0 bridgehead atoms. The number of anilines is 1. The average molecular weight is 475 g/mol. The number of nitrogens with zero attached hydrogens (tertiary/aromatic N) is 2. The van der Waals surface area contributed by atoms with Gasteiger partial charge in [-0.05, 0) is 53.3 Å². The molecule has 2 amide bonds. The quantitative estimate of drug-likeness (QED) is 0.391. The summed E-state index contributed by atoms with van der Waals surface area (Å²) in [6, 6.07) is 15.5. The van der Waals surface area contributed by atoms with E-state index >= 15 is 0 Å². The molecule has 3 aliphatic heterocycles. The fraction of sp³-hybridized carbons (Fsp3) is 0.192. The largest absolute Gasteiger partial charge is 0.358 e. The van der Waals surface area contributed by atoms with E-state index in [2.05, 4.69) is 0 Å². The first-order chi connectivity index (χ1) is 16.0. The third kappa shape index (κ3) is 2.81. The first kappa shape index (κ1) is 20.4. The Morgan fingerprint density at radius 1 is 0.970 bits per heavy atom. The van der Waals surface area contributed by atoms with E-state index in [4.69, 9.17) is 11.6 Å². The molecule has 1 aromatic heterocycles. The average Bonchev–Trinajstić information content (AvgIpc) is 3.52. The molecule has 4 heterocycles. The van der Waals surface area contributed by atoms with Crippen molar-refractivity contribution in [3.63, 3.8) is 0 Å². The van der Waals surface area contributed by atoms with Crippen molar-refractivity contribution in [2.24, 2.45) is 11.8 Å². The molecular formula is C26H19ClN2O3S. The molecule has 33 heavy (non-hydrogen) atoms. The van der Waals surface area contributed by atoms with Crippen LogP contribution in [0.4, 0.5) is 5.69 Å². The van der Waals surface area contributed by atoms with Gasteiger partial charge in [0.2, 0.25) is 11.8 Å². The Balaban J connectivity index is 1.52. The SMILES string of the molecule is Cc1c(Cl)cccc1N1C(=O)[C@@H]2[C@H](C1=O)[C@@H]1c3ccccc3C=CN1[C@@H]2C(=O)c1cccs1. The van der Waals surface area contributed by atoms with Crippen molar-refractivity contribution in [2.45, 2.75) is 19.0 Å². The Morgan fingerprint density at radius 2 is 1.76 bits per heavy atom. The van der Waals surface area contributed by atoms with E-state index in [0.717, 1.165) is 11.1 Å². The number of imide groups is 1. The van der Waals surface area contributed by atoms with Gasteiger partial charge in [0.25, 0.3) is 0 Å². The molecule has 3 aliphatic rings. The molecule has 2 fully saturated rings. The summed E-state index contributed by atoms with van der Waals surface area (Å²) in [5, 5.41) is 2.34. The van der Waals surface area contributed by atoms with Crippen molar-refractivity contribution in [3.8, 4) is 0 Å². The van der Waals surface area contributed by atoms with Gasteiger partial charge in [-0.15, -0.1) is 11.3 Å². The molecule has 0 radical (unpaired) electrons. The maximum Gasteiger partial charge on any atom is 0.240 e. The van der Waals surface area contributed by atoms with Gasteiger partial charge in [-0.25, -0.2) is 4.90 Å². The number of carbonyl (C=O) groups excluding carboxylic acids is 3. The van der Waals surface area contributed by atoms with Gasteiger partial charge in [-0.3, -0.25) is 14.4 Å². The lowest BCUT2D eigenvalue weighted by atomic mass is 9.84. The second-order valence-electron chi connectivity index (χ2n) is 8.57. The minimum absolute atomic E-state index is 0.127. The lowest BCUT2D eigenvalue weighted by Gasteiger charge is -2.35. The van der Waals surface area contributed by atoms with Crippen LogP contribution >= 0.6 is 22.9 Å². The van der Waals surface area contributed by atoms with Gasteiger partial charge in [0, 0.05) is 11.2 Å². The highest BCUT2D eigenvalue weighted by atomic mass is 35.5. The van der Waals surface area contributed by atoms with Gasteiger partial charge in [0.05, 0.1) is 28.4 Å². The Labute approximate surface area is 199 Å². The van der Waals surface area contributed by atoms with E-state index in [1.54, 1.807) is 31.2 Å². The lowest BCUT2D eigenvalue weighted by Crippen LogP contribution is -2.44. The third-order valence-corrected chi connectivity index (χ3v) is 8.27. The molecular weight excluding hydrogens is 456 g/mol. The highest BCUT2D eigenvalue weighted by molar-refractivity contribution is 7.12. The van der Waals surface area contributed by atoms with Crippen LogP contribution in [0.2, 0.25) is 5.02 Å². The first-order valence-corrected chi connectivity index (χ1v) is 12.0. The van der Waals surface area contributed by atoms with Crippen LogP contribution in [-0.2, 0) is 9.59 Å². The number of Topliss-reactive ketones (excluding diaryl/α,β-unsaturated/α-hetero) is 1. The molecule has 0 aliphatic carbocycles. The number of rotatable bonds is 3. The summed E-state index contributed by atoms with van der Waals surface area (Å²) in [7, 11) is 0. The molecule has 5 nitrogen and oxygen atoms in total. The minimum atomic E-state index is -0.772. The molecule has 6 rings (SSSR count). The fourth-order valence-electron chi connectivity index (χ4n) is 5.50. The fourth-order valence-corrected chi connectivity index (χ4v) is 6.36. The van der Waals surface area contributed by atoms with Gasteiger partial charge in [-0.2, -0.15) is 0 Å². The van der Waals surface area contributed by atoms with Crippen molar-refractivity contribution in [1.82, 2.24) is 4.90 Å². The van der Waals surface area contributed by atoms with E-state index in [-0.39, 0.29) is 23.6 Å². The normalized spacial score (nSPS) is 25.3. The molecule has 7 heteroatoms. The van der Waals surface area contributed by atoms with Crippen LogP contribution in [0.5, 0.6) is 0 Å². The van der Waals surface area contributed by atoms with Crippen molar-refractivity contribution in [3.05, 3.63) is 92.8 Å². The van der Waals surface area contributed by atoms with Gasteiger partial charge < -0.3 is 4.90 Å². The summed E-state index contributed by atoms with van der Waals surface area (Å²) in [6.45, 7) is 1.80. The van der Waals surface area contributed by atoms with Crippen molar-refractivity contribution >= 4 is 52.3 Å². The first-order valence-electron chi connectivity index (χ1n) is 10.7. The molecule has 4 atom stereocenters. The highest BCUT2D eigenvalue weighted by Gasteiger charge is 2.64. The van der Waals surface area contributed by atoms with Gasteiger partial charge >= 0.3 is 0 Å². The number of fused-ring (bicyclic) bond motifs is 5. The Hall–Kier alpha value is -3.22. The summed E-state index contributed by atoms with van der Waals surface area (Å²) < 4.78 is 0. The maximum absolute atomic E-state index is 13.9. The molecule has 3 aromatic rings. The molecule has 0 N–H and O–H groups in total. The molecule has 0 saturated carbocycles. The number of hydrogen-bond donors (Lipinski definition) is 0. The summed E-state index contributed by atoms with van der Waals surface area (Å²) in [5.41, 5.74) is 3.12. The van der Waals surface area contributed by atoms with Crippen molar-refractivity contribution < 1.29 is 14.4 Å². The summed E-state index contributed by atoms with van der Waals surface area (Å²) in [6.07, 6.45) is 3.83. The van der Waals surface area contributed by atoms with E-state index in [1.807, 2.05) is 52.9 Å². The Kier molecular flexibility index (Phi) is 4.57. The summed E-state index contributed by atoms with van der Waals surface area (Å²) in [5.74, 6) is -2.18. The van der Waals surface area contributed by atoms with Crippen LogP contribution in [0.15, 0.2) is 66.2 Å². The topological polar surface area (TPSA) is 57.7 Å². The molecule has 0 unspecified atom stereocenters. The number of halogens is 1. The predicted molar refractivity (Wildman–Crippen MR) is 128 cm³/mol. The van der Waals surface area contributed by atoms with Crippen LogP contribution in [0.1, 0.15) is 32.4 Å². The van der Waals surface area contributed by atoms with Crippen molar-refractivity contribution in [1.29, 1.82) is 0 Å². The summed E-state index contributed by atoms with van der Waals surface area (Å²) >= 11 is 7.67. The Morgan fingerprint density at radius 3 is 2.55 bits per heavy atom. The highest BCUT2D eigenvalue weighted by Crippen LogP contribution is 2.54. The van der Waals surface area contributed by atoms with E-state index in [1.165, 1.54) is 16.2 Å². The van der Waals surface area contributed by atoms with Gasteiger partial charge in [0.15, 0.2) is 5.78 Å². The molecule has 2 aromatic carbocycles. The van der Waals surface area contributed by atoms with Crippen LogP contribution in [0.25, 0.3) is 6.08 Å². The maximum atomic E-state index is 13.9. The van der Waals surface area contributed by atoms with Crippen LogP contribution in [0, 0.1) is 18.8 Å². The van der Waals surface area contributed by atoms with Crippen LogP contribution in [0.3, 0.4) is 0 Å². The molecule has 2 saturated heterocycles. The zero-order valence-corrected chi connectivity index (χ0v) is 19.2. The Bertz CT molecular complexity index is 1350. The number of thiophene rings is 1. The third-order valence-electron chi connectivity index (χ3n) is 6.97.